The zero-order chi connectivity index (χ0) is 8.74. The quantitative estimate of drug-likeness (QED) is 0.441. The van der Waals surface area contributed by atoms with Crippen molar-refractivity contribution in [2.75, 3.05) is 6.61 Å². The smallest absolute Gasteiger partial charge is 0.189 e. The summed E-state index contributed by atoms with van der Waals surface area (Å²) in [6, 6.07) is 2.44. The molecular formula is C9H20OSi. The monoisotopic (exact) mass is 172 g/mol. The fourth-order valence-electron chi connectivity index (χ4n) is 1.11. The second-order valence-electron chi connectivity index (χ2n) is 3.06. The van der Waals surface area contributed by atoms with Gasteiger partial charge in [0.05, 0.1) is 0 Å². The topological polar surface area (TPSA) is 9.23 Å². The number of hydrogen-bond acceptors (Lipinski definition) is 1. The Kier molecular flexibility index (Phi) is 5.51. The van der Waals surface area contributed by atoms with Crippen molar-refractivity contribution >= 4 is 8.32 Å². The Balaban J connectivity index is 3.76. The molecule has 1 nitrogen and oxygen atoms in total. The van der Waals surface area contributed by atoms with Crippen LogP contribution in [0.15, 0.2) is 12.7 Å². The Hall–Kier alpha value is -0.0831. The predicted octanol–water partition coefficient (Wildman–Crippen LogP) is 3.19. The van der Waals surface area contributed by atoms with Crippen LogP contribution >= 0.6 is 0 Å². The van der Waals surface area contributed by atoms with Gasteiger partial charge in [-0.2, -0.15) is 0 Å². The van der Waals surface area contributed by atoms with Gasteiger partial charge in [-0.05, 0) is 32.0 Å². The summed E-state index contributed by atoms with van der Waals surface area (Å²) in [5.74, 6) is 0. The van der Waals surface area contributed by atoms with E-state index in [1.54, 1.807) is 0 Å². The molecule has 0 amide bonds. The van der Waals surface area contributed by atoms with Crippen LogP contribution in [0.25, 0.3) is 0 Å². The average molecular weight is 172 g/mol. The summed E-state index contributed by atoms with van der Waals surface area (Å²) in [5.41, 5.74) is 0. The van der Waals surface area contributed by atoms with Gasteiger partial charge in [0.2, 0.25) is 0 Å². The molecule has 0 bridgehead atoms. The standard InChI is InChI=1S/C9H20OSi/c1-5-8-9-11(4,7-3)10-6-2/h5H,1,6-9H2,2-4H3. The molecule has 66 valence electrons. The molecule has 0 saturated heterocycles. The van der Waals surface area contributed by atoms with Crippen molar-refractivity contribution in [1.29, 1.82) is 0 Å². The maximum Gasteiger partial charge on any atom is 0.189 e. The molecule has 11 heavy (non-hydrogen) atoms. The summed E-state index contributed by atoms with van der Waals surface area (Å²) in [6.45, 7) is 11.2. The molecule has 2 heteroatoms. The first kappa shape index (κ1) is 10.9. The van der Waals surface area contributed by atoms with Crippen LogP contribution in [-0.2, 0) is 4.43 Å². The molecule has 0 saturated carbocycles. The van der Waals surface area contributed by atoms with Crippen LogP contribution in [0.3, 0.4) is 0 Å². The van der Waals surface area contributed by atoms with Crippen LogP contribution in [-0.4, -0.2) is 14.9 Å². The molecule has 0 radical (unpaired) electrons. The van der Waals surface area contributed by atoms with Crippen LogP contribution < -0.4 is 0 Å². The summed E-state index contributed by atoms with van der Waals surface area (Å²) in [6.07, 6.45) is 3.09. The van der Waals surface area contributed by atoms with Gasteiger partial charge in [-0.1, -0.05) is 13.0 Å². The lowest BCUT2D eigenvalue weighted by molar-refractivity contribution is 0.324. The normalized spacial score (nSPS) is 15.9. The fourth-order valence-corrected chi connectivity index (χ4v) is 3.32. The molecule has 0 heterocycles. The predicted molar refractivity (Wildman–Crippen MR) is 53.3 cm³/mol. The Bertz CT molecular complexity index is 114. The lowest BCUT2D eigenvalue weighted by atomic mass is 10.5. The van der Waals surface area contributed by atoms with Crippen LogP contribution in [0, 0.1) is 0 Å². The lowest BCUT2D eigenvalue weighted by Crippen LogP contribution is -2.33. The Morgan fingerprint density at radius 3 is 2.45 bits per heavy atom. The molecule has 0 aromatic heterocycles. The molecule has 0 aliphatic carbocycles. The lowest BCUT2D eigenvalue weighted by Gasteiger charge is -2.24. The third-order valence-electron chi connectivity index (χ3n) is 2.12. The highest BCUT2D eigenvalue weighted by Crippen LogP contribution is 2.18. The Morgan fingerprint density at radius 1 is 1.45 bits per heavy atom. The molecular weight excluding hydrogens is 152 g/mol. The SMILES string of the molecule is C=CCC[Si](C)(CC)OCC. The molecule has 0 fully saturated rings. The second kappa shape index (κ2) is 5.55. The first-order valence-corrected chi connectivity index (χ1v) is 7.25. The third kappa shape index (κ3) is 4.38. The first-order chi connectivity index (χ1) is 5.18. The van der Waals surface area contributed by atoms with E-state index in [9.17, 15) is 0 Å². The van der Waals surface area contributed by atoms with Gasteiger partial charge < -0.3 is 4.43 Å². The van der Waals surface area contributed by atoms with Gasteiger partial charge in [0.15, 0.2) is 8.32 Å². The Labute approximate surface area is 71.6 Å². The van der Waals surface area contributed by atoms with Crippen molar-refractivity contribution in [2.45, 2.75) is 38.9 Å². The van der Waals surface area contributed by atoms with E-state index in [2.05, 4.69) is 27.0 Å². The van der Waals surface area contributed by atoms with Crippen molar-refractivity contribution in [3.8, 4) is 0 Å². The Morgan fingerprint density at radius 2 is 2.09 bits per heavy atom. The summed E-state index contributed by atoms with van der Waals surface area (Å²) in [5, 5.41) is 0. The number of hydrogen-bond donors (Lipinski definition) is 0. The van der Waals surface area contributed by atoms with E-state index in [0.717, 1.165) is 13.0 Å². The van der Waals surface area contributed by atoms with Gasteiger partial charge in [0.25, 0.3) is 0 Å². The summed E-state index contributed by atoms with van der Waals surface area (Å²) >= 11 is 0. The molecule has 0 N–H and O–H groups in total. The van der Waals surface area contributed by atoms with Crippen molar-refractivity contribution in [3.63, 3.8) is 0 Å². The van der Waals surface area contributed by atoms with E-state index < -0.39 is 8.32 Å². The van der Waals surface area contributed by atoms with E-state index in [1.165, 1.54) is 12.1 Å². The van der Waals surface area contributed by atoms with Crippen molar-refractivity contribution < 1.29 is 4.43 Å². The van der Waals surface area contributed by atoms with Gasteiger partial charge >= 0.3 is 0 Å². The maximum atomic E-state index is 5.77. The van der Waals surface area contributed by atoms with E-state index >= 15 is 0 Å². The minimum absolute atomic E-state index is 0.869. The largest absolute Gasteiger partial charge is 0.417 e. The molecule has 0 rings (SSSR count). The van der Waals surface area contributed by atoms with Gasteiger partial charge in [-0.3, -0.25) is 0 Å². The van der Waals surface area contributed by atoms with E-state index in [1.807, 2.05) is 6.08 Å². The zero-order valence-corrected chi connectivity index (χ0v) is 9.02. The maximum absolute atomic E-state index is 5.77. The van der Waals surface area contributed by atoms with E-state index in [0.29, 0.717) is 0 Å². The summed E-state index contributed by atoms with van der Waals surface area (Å²) in [7, 11) is -1.32. The van der Waals surface area contributed by atoms with Gasteiger partial charge in [0.1, 0.15) is 0 Å². The number of allylic oxidation sites excluding steroid dienone is 1. The van der Waals surface area contributed by atoms with Crippen LogP contribution in [0.4, 0.5) is 0 Å². The van der Waals surface area contributed by atoms with Crippen molar-refractivity contribution in [1.82, 2.24) is 0 Å². The summed E-state index contributed by atoms with van der Waals surface area (Å²) in [4.78, 5) is 0. The molecule has 0 aliphatic heterocycles. The van der Waals surface area contributed by atoms with Gasteiger partial charge in [0, 0.05) is 6.61 Å². The van der Waals surface area contributed by atoms with Crippen LogP contribution in [0.2, 0.25) is 18.6 Å². The van der Waals surface area contributed by atoms with Crippen molar-refractivity contribution in [3.05, 3.63) is 12.7 Å². The number of rotatable bonds is 6. The second-order valence-corrected chi connectivity index (χ2v) is 7.46. The van der Waals surface area contributed by atoms with E-state index in [4.69, 9.17) is 4.43 Å². The van der Waals surface area contributed by atoms with E-state index in [-0.39, 0.29) is 0 Å². The van der Waals surface area contributed by atoms with Gasteiger partial charge in [-0.25, -0.2) is 0 Å². The molecule has 0 aromatic rings. The highest BCUT2D eigenvalue weighted by atomic mass is 28.4. The van der Waals surface area contributed by atoms with Gasteiger partial charge in [-0.15, -0.1) is 6.58 Å². The fraction of sp³-hybridized carbons (Fsp3) is 0.778. The minimum Gasteiger partial charge on any atom is -0.417 e. The molecule has 0 spiro atoms. The molecule has 0 aliphatic rings. The molecule has 1 atom stereocenters. The molecule has 0 aromatic carbocycles. The molecule has 1 unspecified atom stereocenters. The average Bonchev–Trinajstić information content (AvgIpc) is 2.02. The zero-order valence-electron chi connectivity index (χ0n) is 8.02. The minimum atomic E-state index is -1.32. The first-order valence-electron chi connectivity index (χ1n) is 4.43. The van der Waals surface area contributed by atoms with Crippen molar-refractivity contribution in [2.24, 2.45) is 0 Å². The highest BCUT2D eigenvalue weighted by molar-refractivity contribution is 6.72. The summed E-state index contributed by atoms with van der Waals surface area (Å²) < 4.78 is 5.77. The van der Waals surface area contributed by atoms with Crippen LogP contribution in [0.1, 0.15) is 20.3 Å². The highest BCUT2D eigenvalue weighted by Gasteiger charge is 2.24. The van der Waals surface area contributed by atoms with Crippen LogP contribution in [0.5, 0.6) is 0 Å². The third-order valence-corrected chi connectivity index (χ3v) is 5.95.